The molecule has 3 amide bonds. The van der Waals surface area contributed by atoms with Crippen LogP contribution >= 0.6 is 0 Å². The van der Waals surface area contributed by atoms with Crippen LogP contribution in [0.25, 0.3) is 0 Å². The summed E-state index contributed by atoms with van der Waals surface area (Å²) in [5.74, 6) is -0.777. The first kappa shape index (κ1) is 19.0. The molecular weight excluding hydrogens is 318 g/mol. The Balaban J connectivity index is 1.93. The molecule has 0 saturated carbocycles. The molecule has 2 rings (SSSR count). The van der Waals surface area contributed by atoms with E-state index in [4.69, 9.17) is 0 Å². The maximum atomic E-state index is 12.4. The van der Waals surface area contributed by atoms with Crippen LogP contribution in [0.3, 0.4) is 0 Å². The predicted octanol–water partition coefficient (Wildman–Crippen LogP) is 1.49. The van der Waals surface area contributed by atoms with E-state index in [9.17, 15) is 14.4 Å². The number of carbonyl (C=O) groups excluding carboxylic acids is 3. The topological polar surface area (TPSA) is 78.5 Å². The smallest absolute Gasteiger partial charge is 0.251 e. The maximum absolute atomic E-state index is 12.4. The van der Waals surface area contributed by atoms with E-state index in [1.807, 2.05) is 32.9 Å². The molecule has 0 spiro atoms. The first-order chi connectivity index (χ1) is 11.9. The van der Waals surface area contributed by atoms with Gasteiger partial charge in [-0.05, 0) is 37.8 Å². The molecule has 2 N–H and O–H groups in total. The van der Waals surface area contributed by atoms with Gasteiger partial charge < -0.3 is 15.5 Å². The predicted molar refractivity (Wildman–Crippen MR) is 96.1 cm³/mol. The molecule has 0 aromatic heterocycles. The van der Waals surface area contributed by atoms with Gasteiger partial charge in [-0.15, -0.1) is 0 Å². The summed E-state index contributed by atoms with van der Waals surface area (Å²) in [6.45, 7) is 7.13. The average molecular weight is 345 g/mol. The number of nitrogens with zero attached hydrogens (tertiary/aromatic N) is 1. The lowest BCUT2D eigenvalue weighted by Crippen LogP contribution is -2.51. The van der Waals surface area contributed by atoms with E-state index in [2.05, 4.69) is 10.6 Å². The molecule has 1 aromatic rings. The standard InChI is InChI=1S/C19H27N3O3/c1-13(2)17(21-18(24)15-8-6-7-14(3)11-15)19(25)20-12-16(23)22-9-4-5-10-22/h6-8,11,13,17H,4-5,9-10,12H2,1-3H3,(H,20,25)(H,21,24). The zero-order chi connectivity index (χ0) is 18.4. The Morgan fingerprint density at radius 2 is 1.84 bits per heavy atom. The third-order valence-electron chi connectivity index (χ3n) is 4.39. The van der Waals surface area contributed by atoms with Crippen molar-refractivity contribution < 1.29 is 14.4 Å². The lowest BCUT2D eigenvalue weighted by molar-refractivity contribution is -0.132. The van der Waals surface area contributed by atoms with Crippen molar-refractivity contribution in [3.8, 4) is 0 Å². The Bertz CT molecular complexity index is 637. The molecular formula is C19H27N3O3. The fourth-order valence-corrected chi connectivity index (χ4v) is 2.90. The highest BCUT2D eigenvalue weighted by molar-refractivity contribution is 5.98. The summed E-state index contributed by atoms with van der Waals surface area (Å²) in [4.78, 5) is 38.6. The fourth-order valence-electron chi connectivity index (χ4n) is 2.90. The second-order valence-corrected chi connectivity index (χ2v) is 6.87. The van der Waals surface area contributed by atoms with E-state index >= 15 is 0 Å². The minimum atomic E-state index is -0.681. The third kappa shape index (κ3) is 5.31. The Morgan fingerprint density at radius 3 is 2.44 bits per heavy atom. The van der Waals surface area contributed by atoms with Crippen LogP contribution in [-0.2, 0) is 9.59 Å². The minimum Gasteiger partial charge on any atom is -0.345 e. The third-order valence-corrected chi connectivity index (χ3v) is 4.39. The highest BCUT2D eigenvalue weighted by Crippen LogP contribution is 2.09. The average Bonchev–Trinajstić information content (AvgIpc) is 3.11. The lowest BCUT2D eigenvalue weighted by Gasteiger charge is -2.22. The number of aryl methyl sites for hydroxylation is 1. The van der Waals surface area contributed by atoms with Crippen molar-refractivity contribution in [1.82, 2.24) is 15.5 Å². The van der Waals surface area contributed by atoms with Gasteiger partial charge in [-0.3, -0.25) is 14.4 Å². The van der Waals surface area contributed by atoms with Crippen molar-refractivity contribution in [1.29, 1.82) is 0 Å². The summed E-state index contributed by atoms with van der Waals surface area (Å²) in [6.07, 6.45) is 2.03. The van der Waals surface area contributed by atoms with Crippen molar-refractivity contribution in [2.24, 2.45) is 5.92 Å². The molecule has 25 heavy (non-hydrogen) atoms. The maximum Gasteiger partial charge on any atom is 0.251 e. The first-order valence-electron chi connectivity index (χ1n) is 8.81. The van der Waals surface area contributed by atoms with Crippen LogP contribution in [0, 0.1) is 12.8 Å². The summed E-state index contributed by atoms with van der Waals surface area (Å²) in [7, 11) is 0. The van der Waals surface area contributed by atoms with Gasteiger partial charge in [-0.25, -0.2) is 0 Å². The normalized spacial score (nSPS) is 15.1. The number of nitrogens with one attached hydrogen (secondary N) is 2. The van der Waals surface area contributed by atoms with E-state index < -0.39 is 6.04 Å². The Hall–Kier alpha value is -2.37. The van der Waals surface area contributed by atoms with E-state index in [1.165, 1.54) is 0 Å². The van der Waals surface area contributed by atoms with E-state index in [0.717, 1.165) is 31.5 Å². The van der Waals surface area contributed by atoms with Gasteiger partial charge in [0.15, 0.2) is 0 Å². The second kappa shape index (κ2) is 8.65. The first-order valence-corrected chi connectivity index (χ1v) is 8.81. The summed E-state index contributed by atoms with van der Waals surface area (Å²) >= 11 is 0. The molecule has 0 radical (unpaired) electrons. The zero-order valence-corrected chi connectivity index (χ0v) is 15.2. The molecule has 0 bridgehead atoms. The monoisotopic (exact) mass is 345 g/mol. The molecule has 6 nitrogen and oxygen atoms in total. The molecule has 0 aliphatic carbocycles. The van der Waals surface area contributed by atoms with E-state index in [1.54, 1.807) is 17.0 Å². The second-order valence-electron chi connectivity index (χ2n) is 6.87. The molecule has 1 saturated heterocycles. The van der Waals surface area contributed by atoms with Gasteiger partial charge in [-0.1, -0.05) is 31.5 Å². The molecule has 1 aromatic carbocycles. The van der Waals surface area contributed by atoms with Crippen LogP contribution in [0.4, 0.5) is 0 Å². The fraction of sp³-hybridized carbons (Fsp3) is 0.526. The zero-order valence-electron chi connectivity index (χ0n) is 15.2. The molecule has 1 heterocycles. The van der Waals surface area contributed by atoms with Crippen molar-refractivity contribution >= 4 is 17.7 Å². The van der Waals surface area contributed by atoms with Crippen molar-refractivity contribution in [3.05, 3.63) is 35.4 Å². The SMILES string of the molecule is Cc1cccc(C(=O)NC(C(=O)NCC(=O)N2CCCC2)C(C)C)c1. The highest BCUT2D eigenvalue weighted by Gasteiger charge is 2.26. The summed E-state index contributed by atoms with van der Waals surface area (Å²) in [5, 5.41) is 5.44. The summed E-state index contributed by atoms with van der Waals surface area (Å²) in [5.41, 5.74) is 1.50. The van der Waals surface area contributed by atoms with E-state index in [0.29, 0.717) is 5.56 Å². The van der Waals surface area contributed by atoms with Gasteiger partial charge in [0.25, 0.3) is 5.91 Å². The van der Waals surface area contributed by atoms with E-state index in [-0.39, 0.29) is 30.2 Å². The van der Waals surface area contributed by atoms with Crippen LogP contribution in [0.15, 0.2) is 24.3 Å². The number of rotatable bonds is 6. The minimum absolute atomic E-state index is 0.0254. The van der Waals surface area contributed by atoms with Gasteiger partial charge >= 0.3 is 0 Å². The molecule has 136 valence electrons. The van der Waals surface area contributed by atoms with Crippen LogP contribution < -0.4 is 10.6 Å². The molecule has 1 unspecified atom stereocenters. The van der Waals surface area contributed by atoms with Gasteiger partial charge in [-0.2, -0.15) is 0 Å². The summed E-state index contributed by atoms with van der Waals surface area (Å²) < 4.78 is 0. The number of hydrogen-bond acceptors (Lipinski definition) is 3. The Morgan fingerprint density at radius 1 is 1.16 bits per heavy atom. The van der Waals surface area contributed by atoms with Crippen molar-refractivity contribution in [2.75, 3.05) is 19.6 Å². The van der Waals surface area contributed by atoms with Gasteiger partial charge in [0, 0.05) is 18.7 Å². The largest absolute Gasteiger partial charge is 0.345 e. The van der Waals surface area contributed by atoms with Crippen LogP contribution in [-0.4, -0.2) is 48.3 Å². The Kier molecular flexibility index (Phi) is 6.56. The molecule has 1 atom stereocenters. The number of benzene rings is 1. The number of amides is 3. The number of carbonyl (C=O) groups is 3. The van der Waals surface area contributed by atoms with Crippen LogP contribution in [0.2, 0.25) is 0 Å². The lowest BCUT2D eigenvalue weighted by atomic mass is 10.0. The number of likely N-dealkylation sites (tertiary alicyclic amines) is 1. The number of hydrogen-bond donors (Lipinski definition) is 2. The molecule has 1 fully saturated rings. The molecule has 6 heteroatoms. The van der Waals surface area contributed by atoms with Gasteiger partial charge in [0.1, 0.15) is 6.04 Å². The van der Waals surface area contributed by atoms with Crippen LogP contribution in [0.5, 0.6) is 0 Å². The van der Waals surface area contributed by atoms with Crippen LogP contribution in [0.1, 0.15) is 42.6 Å². The van der Waals surface area contributed by atoms with Gasteiger partial charge in [0.2, 0.25) is 11.8 Å². The highest BCUT2D eigenvalue weighted by atomic mass is 16.2. The van der Waals surface area contributed by atoms with Crippen molar-refractivity contribution in [2.45, 2.75) is 39.7 Å². The quantitative estimate of drug-likeness (QED) is 0.820. The molecule has 1 aliphatic rings. The van der Waals surface area contributed by atoms with Gasteiger partial charge in [0.05, 0.1) is 6.54 Å². The van der Waals surface area contributed by atoms with Crippen molar-refractivity contribution in [3.63, 3.8) is 0 Å². The molecule has 1 aliphatic heterocycles. The Labute approximate surface area is 149 Å². The summed E-state index contributed by atoms with van der Waals surface area (Å²) in [6, 6.07) is 6.53.